The maximum Gasteiger partial charge on any atom is 0.306 e. The molecule has 0 radical (unpaired) electrons. The zero-order chi connectivity index (χ0) is 50.7. The molecule has 0 aromatic heterocycles. The maximum absolute atomic E-state index is 12.8. The Morgan fingerprint density at radius 1 is 0.271 bits per heavy atom. The van der Waals surface area contributed by atoms with Gasteiger partial charge in [0.15, 0.2) is 6.10 Å². The number of carbonyl (C=O) groups is 3. The van der Waals surface area contributed by atoms with Crippen LogP contribution in [0.15, 0.2) is 12.2 Å². The van der Waals surface area contributed by atoms with Crippen molar-refractivity contribution < 1.29 is 28.6 Å². The van der Waals surface area contributed by atoms with Crippen LogP contribution in [-0.2, 0) is 28.6 Å². The molecule has 0 amide bonds. The number of unbranched alkanes of at least 4 members (excludes halogenated alkanes) is 46. The fourth-order valence-corrected chi connectivity index (χ4v) is 9.74. The Morgan fingerprint density at radius 2 is 0.471 bits per heavy atom. The second-order valence-corrected chi connectivity index (χ2v) is 21.7. The highest BCUT2D eigenvalue weighted by Crippen LogP contribution is 2.18. The minimum Gasteiger partial charge on any atom is -0.462 e. The molecule has 0 aliphatic carbocycles. The normalized spacial score (nSPS) is 12.0. The summed E-state index contributed by atoms with van der Waals surface area (Å²) in [6.07, 6.45) is 69.9. The molecule has 1 atom stereocenters. The second-order valence-electron chi connectivity index (χ2n) is 21.7. The highest BCUT2D eigenvalue weighted by Gasteiger charge is 2.19. The first-order valence-electron chi connectivity index (χ1n) is 31.7. The van der Waals surface area contributed by atoms with Crippen LogP contribution in [0, 0.1) is 0 Å². The van der Waals surface area contributed by atoms with E-state index < -0.39 is 6.10 Å². The largest absolute Gasteiger partial charge is 0.462 e. The van der Waals surface area contributed by atoms with Gasteiger partial charge in [0.2, 0.25) is 0 Å². The van der Waals surface area contributed by atoms with Crippen molar-refractivity contribution in [2.75, 3.05) is 13.2 Å². The first-order chi connectivity index (χ1) is 34.5. The molecule has 6 heteroatoms. The number of carbonyl (C=O) groups excluding carboxylic acids is 3. The maximum atomic E-state index is 12.8. The van der Waals surface area contributed by atoms with Crippen LogP contribution in [0.25, 0.3) is 0 Å². The third-order valence-electron chi connectivity index (χ3n) is 14.5. The summed E-state index contributed by atoms with van der Waals surface area (Å²) in [6.45, 7) is 6.62. The predicted molar refractivity (Wildman–Crippen MR) is 303 cm³/mol. The molecule has 0 aliphatic heterocycles. The van der Waals surface area contributed by atoms with Crippen LogP contribution in [0.5, 0.6) is 0 Å². The van der Waals surface area contributed by atoms with Gasteiger partial charge < -0.3 is 14.2 Å². The quantitative estimate of drug-likeness (QED) is 0.0261. The van der Waals surface area contributed by atoms with Crippen molar-refractivity contribution in [2.45, 2.75) is 367 Å². The Labute approximate surface area is 437 Å². The number of ether oxygens (including phenoxy) is 3. The Kier molecular flexibility index (Phi) is 58.1. The summed E-state index contributed by atoms with van der Waals surface area (Å²) in [5.41, 5.74) is 0. The monoisotopic (exact) mass is 987 g/mol. The van der Waals surface area contributed by atoms with Gasteiger partial charge in [-0.1, -0.05) is 309 Å². The zero-order valence-electron chi connectivity index (χ0n) is 47.6. The number of rotatable bonds is 59. The topological polar surface area (TPSA) is 78.9 Å². The molecule has 0 aromatic rings. The molecule has 0 saturated carbocycles. The third kappa shape index (κ3) is 57.1. The standard InChI is InChI=1S/C64H122O6/c1-4-7-10-13-15-17-19-21-23-25-27-28-29-30-31-32-33-34-35-36-37-39-40-42-44-46-48-51-54-57-63(66)69-60-61(59-68-62(65)56-53-50-12-9-6-3)70-64(67)58-55-52-49-47-45-43-41-38-26-24-22-20-18-16-14-11-8-5-2/h25,27,61H,4-24,26,28-60H2,1-3H3/b27-25-. The van der Waals surface area contributed by atoms with Gasteiger partial charge in [-0.15, -0.1) is 0 Å². The van der Waals surface area contributed by atoms with Gasteiger partial charge >= 0.3 is 17.9 Å². The van der Waals surface area contributed by atoms with Gasteiger partial charge in [0, 0.05) is 19.3 Å². The molecule has 6 nitrogen and oxygen atoms in total. The SMILES string of the molecule is CCCCCCCCCC/C=C\CCCCCCCCCCCCCCCCCCCC(=O)OCC(COC(=O)CCCCCCC)OC(=O)CCCCCCCCCCCCCCCCCCCC. The Balaban J connectivity index is 3.93. The van der Waals surface area contributed by atoms with Crippen molar-refractivity contribution in [1.29, 1.82) is 0 Å². The fourth-order valence-electron chi connectivity index (χ4n) is 9.74. The molecule has 0 aromatic carbocycles. The van der Waals surface area contributed by atoms with E-state index >= 15 is 0 Å². The number of hydrogen-bond donors (Lipinski definition) is 0. The van der Waals surface area contributed by atoms with E-state index in [-0.39, 0.29) is 31.1 Å². The molecule has 414 valence electrons. The van der Waals surface area contributed by atoms with Gasteiger partial charge in [0.05, 0.1) is 0 Å². The van der Waals surface area contributed by atoms with Gasteiger partial charge in [0.1, 0.15) is 13.2 Å². The molecule has 0 bridgehead atoms. The molecule has 1 unspecified atom stereocenters. The lowest BCUT2D eigenvalue weighted by Crippen LogP contribution is -2.30. The second kappa shape index (κ2) is 59.7. The highest BCUT2D eigenvalue weighted by atomic mass is 16.6. The van der Waals surface area contributed by atoms with Gasteiger partial charge in [0.25, 0.3) is 0 Å². The molecular weight excluding hydrogens is 865 g/mol. The van der Waals surface area contributed by atoms with Gasteiger partial charge in [-0.05, 0) is 44.9 Å². The van der Waals surface area contributed by atoms with E-state index in [0.29, 0.717) is 19.3 Å². The summed E-state index contributed by atoms with van der Waals surface area (Å²) in [4.78, 5) is 37.9. The van der Waals surface area contributed by atoms with Crippen molar-refractivity contribution in [3.05, 3.63) is 12.2 Å². The average Bonchev–Trinajstić information content (AvgIpc) is 3.36. The molecule has 0 heterocycles. The van der Waals surface area contributed by atoms with Crippen LogP contribution >= 0.6 is 0 Å². The molecule has 0 N–H and O–H groups in total. The van der Waals surface area contributed by atoms with Crippen molar-refractivity contribution in [1.82, 2.24) is 0 Å². The lowest BCUT2D eigenvalue weighted by molar-refractivity contribution is -0.167. The average molecular weight is 988 g/mol. The highest BCUT2D eigenvalue weighted by molar-refractivity contribution is 5.71. The molecule has 0 aliphatic rings. The summed E-state index contributed by atoms with van der Waals surface area (Å²) in [7, 11) is 0. The van der Waals surface area contributed by atoms with Crippen LogP contribution < -0.4 is 0 Å². The van der Waals surface area contributed by atoms with Crippen LogP contribution in [0.3, 0.4) is 0 Å². The van der Waals surface area contributed by atoms with Crippen LogP contribution in [0.1, 0.15) is 361 Å². The predicted octanol–water partition coefficient (Wildman–Crippen LogP) is 21.3. The summed E-state index contributed by atoms with van der Waals surface area (Å²) in [5.74, 6) is -0.853. The number of hydrogen-bond acceptors (Lipinski definition) is 6. The summed E-state index contributed by atoms with van der Waals surface area (Å²) < 4.78 is 16.8. The zero-order valence-corrected chi connectivity index (χ0v) is 47.6. The van der Waals surface area contributed by atoms with E-state index in [2.05, 4.69) is 32.9 Å². The minimum absolute atomic E-state index is 0.0643. The van der Waals surface area contributed by atoms with Crippen molar-refractivity contribution in [3.8, 4) is 0 Å². The van der Waals surface area contributed by atoms with Gasteiger partial charge in [-0.3, -0.25) is 14.4 Å². The number of esters is 3. The summed E-state index contributed by atoms with van der Waals surface area (Å²) in [5, 5.41) is 0. The lowest BCUT2D eigenvalue weighted by Gasteiger charge is -2.18. The molecule has 0 rings (SSSR count). The Bertz CT molecular complexity index is 1090. The Morgan fingerprint density at radius 3 is 0.714 bits per heavy atom. The summed E-state index contributed by atoms with van der Waals surface area (Å²) >= 11 is 0. The first kappa shape index (κ1) is 68.2. The van der Waals surface area contributed by atoms with Crippen molar-refractivity contribution in [3.63, 3.8) is 0 Å². The Hall–Kier alpha value is -1.85. The van der Waals surface area contributed by atoms with E-state index in [1.54, 1.807) is 0 Å². The van der Waals surface area contributed by atoms with Crippen LogP contribution in [0.4, 0.5) is 0 Å². The third-order valence-corrected chi connectivity index (χ3v) is 14.5. The van der Waals surface area contributed by atoms with E-state index in [9.17, 15) is 14.4 Å². The first-order valence-corrected chi connectivity index (χ1v) is 31.7. The molecule has 0 saturated heterocycles. The molecular formula is C64H122O6. The van der Waals surface area contributed by atoms with Crippen molar-refractivity contribution >= 4 is 17.9 Å². The van der Waals surface area contributed by atoms with E-state index in [1.807, 2.05) is 0 Å². The molecule has 0 fully saturated rings. The minimum atomic E-state index is -0.761. The van der Waals surface area contributed by atoms with Gasteiger partial charge in [-0.25, -0.2) is 0 Å². The van der Waals surface area contributed by atoms with E-state index in [1.165, 1.54) is 257 Å². The summed E-state index contributed by atoms with van der Waals surface area (Å²) in [6, 6.07) is 0. The van der Waals surface area contributed by atoms with Gasteiger partial charge in [-0.2, -0.15) is 0 Å². The fraction of sp³-hybridized carbons (Fsp3) is 0.922. The van der Waals surface area contributed by atoms with E-state index in [4.69, 9.17) is 14.2 Å². The smallest absolute Gasteiger partial charge is 0.306 e. The van der Waals surface area contributed by atoms with Crippen LogP contribution in [-0.4, -0.2) is 37.2 Å². The van der Waals surface area contributed by atoms with E-state index in [0.717, 1.165) is 64.2 Å². The lowest BCUT2D eigenvalue weighted by atomic mass is 10.0. The van der Waals surface area contributed by atoms with Crippen LogP contribution in [0.2, 0.25) is 0 Å². The number of allylic oxidation sites excluding steroid dienone is 2. The van der Waals surface area contributed by atoms with Crippen molar-refractivity contribution in [2.24, 2.45) is 0 Å². The molecule has 0 spiro atoms. The molecule has 70 heavy (non-hydrogen) atoms.